The van der Waals surface area contributed by atoms with E-state index in [0.29, 0.717) is 5.75 Å². The number of ether oxygens (including phenoxy) is 1. The zero-order chi connectivity index (χ0) is 15.0. The molecule has 0 radical (unpaired) electrons. The zero-order valence-electron chi connectivity index (χ0n) is 12.4. The molecule has 6 nitrogen and oxygen atoms in total. The summed E-state index contributed by atoms with van der Waals surface area (Å²) in [6, 6.07) is 5.05. The van der Waals surface area contributed by atoms with Crippen LogP contribution < -0.4 is 10.1 Å². The van der Waals surface area contributed by atoms with Gasteiger partial charge in [-0.05, 0) is 11.6 Å². The molecule has 0 bridgehead atoms. The fraction of sp³-hybridized carbons (Fsp3) is 0.571. The van der Waals surface area contributed by atoms with Crippen molar-refractivity contribution in [3.05, 3.63) is 33.9 Å². The van der Waals surface area contributed by atoms with Crippen molar-refractivity contribution >= 4 is 5.69 Å². The Morgan fingerprint density at radius 2 is 2.00 bits per heavy atom. The molecule has 112 valence electrons. The van der Waals surface area contributed by atoms with Crippen molar-refractivity contribution in [1.29, 1.82) is 0 Å². The Bertz CT molecular complexity index is 432. The maximum Gasteiger partial charge on any atom is 0.310 e. The van der Waals surface area contributed by atoms with Crippen molar-refractivity contribution in [2.45, 2.75) is 20.4 Å². The molecule has 1 aromatic rings. The van der Waals surface area contributed by atoms with Gasteiger partial charge < -0.3 is 10.1 Å². The summed E-state index contributed by atoms with van der Waals surface area (Å²) in [4.78, 5) is 12.7. The molecular formula is C14H23N3O3. The molecule has 1 aliphatic heterocycles. The standard InChI is InChI=1S/C12H17N3O3.C2H6/c1-18-12-8-10(2-3-11(12)15(16)17)9-14-6-4-13-5-7-14;1-2/h2-3,8,13H,4-7,9H2,1H3;1-2H3. The van der Waals surface area contributed by atoms with E-state index in [1.807, 2.05) is 13.8 Å². The van der Waals surface area contributed by atoms with Crippen LogP contribution in [0, 0.1) is 10.1 Å². The van der Waals surface area contributed by atoms with Crippen LogP contribution in [0.5, 0.6) is 5.75 Å². The lowest BCUT2D eigenvalue weighted by molar-refractivity contribution is -0.385. The van der Waals surface area contributed by atoms with Gasteiger partial charge in [0.2, 0.25) is 0 Å². The molecular weight excluding hydrogens is 258 g/mol. The first-order valence-corrected chi connectivity index (χ1v) is 6.95. The summed E-state index contributed by atoms with van der Waals surface area (Å²) in [5.41, 5.74) is 1.06. The van der Waals surface area contributed by atoms with Gasteiger partial charge in [0.15, 0.2) is 5.75 Å². The summed E-state index contributed by atoms with van der Waals surface area (Å²) in [7, 11) is 1.46. The third-order valence-corrected chi connectivity index (χ3v) is 3.06. The van der Waals surface area contributed by atoms with E-state index in [0.717, 1.165) is 38.3 Å². The summed E-state index contributed by atoms with van der Waals surface area (Å²) in [5.74, 6) is 0.327. The van der Waals surface area contributed by atoms with Gasteiger partial charge in [0.05, 0.1) is 12.0 Å². The predicted molar refractivity (Wildman–Crippen MR) is 79.1 cm³/mol. The minimum Gasteiger partial charge on any atom is -0.490 e. The van der Waals surface area contributed by atoms with Gasteiger partial charge in [-0.1, -0.05) is 19.9 Å². The predicted octanol–water partition coefficient (Wildman–Crippen LogP) is 2.03. The average Bonchev–Trinajstić information content (AvgIpc) is 2.50. The van der Waals surface area contributed by atoms with Gasteiger partial charge >= 0.3 is 5.69 Å². The number of nitrogens with one attached hydrogen (secondary N) is 1. The van der Waals surface area contributed by atoms with Gasteiger partial charge in [0.1, 0.15) is 0 Å². The van der Waals surface area contributed by atoms with Crippen LogP contribution in [0.3, 0.4) is 0 Å². The number of hydrogen-bond acceptors (Lipinski definition) is 5. The Labute approximate surface area is 119 Å². The first-order valence-electron chi connectivity index (χ1n) is 6.95. The molecule has 1 heterocycles. The third kappa shape index (κ3) is 4.47. The van der Waals surface area contributed by atoms with Crippen molar-refractivity contribution in [2.24, 2.45) is 0 Å². The minimum atomic E-state index is -0.423. The fourth-order valence-electron chi connectivity index (χ4n) is 2.10. The van der Waals surface area contributed by atoms with E-state index in [-0.39, 0.29) is 5.69 Å². The summed E-state index contributed by atoms with van der Waals surface area (Å²) < 4.78 is 5.06. The molecule has 0 unspecified atom stereocenters. The van der Waals surface area contributed by atoms with Crippen molar-refractivity contribution in [1.82, 2.24) is 10.2 Å². The summed E-state index contributed by atoms with van der Waals surface area (Å²) in [6.45, 7) is 8.78. The zero-order valence-corrected chi connectivity index (χ0v) is 12.4. The molecule has 2 rings (SSSR count). The summed E-state index contributed by atoms with van der Waals surface area (Å²) >= 11 is 0. The Balaban J connectivity index is 0.000000956. The Morgan fingerprint density at radius 3 is 2.55 bits per heavy atom. The van der Waals surface area contributed by atoms with Crippen molar-refractivity contribution in [3.8, 4) is 5.75 Å². The Morgan fingerprint density at radius 1 is 1.35 bits per heavy atom. The van der Waals surface area contributed by atoms with Crippen molar-refractivity contribution < 1.29 is 9.66 Å². The Kier molecular flexibility index (Phi) is 6.97. The number of methoxy groups -OCH3 is 1. The van der Waals surface area contributed by atoms with Crippen molar-refractivity contribution in [3.63, 3.8) is 0 Å². The number of nitro groups is 1. The molecule has 1 aliphatic rings. The molecule has 0 atom stereocenters. The maximum absolute atomic E-state index is 10.8. The number of piperazine rings is 1. The van der Waals surface area contributed by atoms with Crippen LogP contribution in [-0.2, 0) is 6.54 Å². The van der Waals surface area contributed by atoms with Gasteiger partial charge in [-0.25, -0.2) is 0 Å². The first kappa shape index (κ1) is 16.4. The van der Waals surface area contributed by atoms with E-state index in [2.05, 4.69) is 10.2 Å². The van der Waals surface area contributed by atoms with Gasteiger partial charge in [-0.3, -0.25) is 15.0 Å². The molecule has 0 aromatic heterocycles. The second-order valence-corrected chi connectivity index (χ2v) is 4.29. The molecule has 0 aliphatic carbocycles. The topological polar surface area (TPSA) is 67.6 Å². The number of nitro benzene ring substituents is 1. The van der Waals surface area contributed by atoms with Crippen LogP contribution in [0.25, 0.3) is 0 Å². The third-order valence-electron chi connectivity index (χ3n) is 3.06. The van der Waals surface area contributed by atoms with Gasteiger partial charge in [-0.15, -0.1) is 0 Å². The van der Waals surface area contributed by atoms with E-state index in [9.17, 15) is 10.1 Å². The van der Waals surface area contributed by atoms with E-state index < -0.39 is 4.92 Å². The maximum atomic E-state index is 10.8. The molecule has 0 spiro atoms. The molecule has 0 saturated carbocycles. The fourth-order valence-corrected chi connectivity index (χ4v) is 2.10. The highest BCUT2D eigenvalue weighted by molar-refractivity contribution is 5.48. The lowest BCUT2D eigenvalue weighted by Gasteiger charge is -2.27. The van der Waals surface area contributed by atoms with Crippen molar-refractivity contribution in [2.75, 3.05) is 33.3 Å². The molecule has 1 aromatic carbocycles. The highest BCUT2D eigenvalue weighted by Gasteiger charge is 2.16. The van der Waals surface area contributed by atoms with Gasteiger partial charge in [-0.2, -0.15) is 0 Å². The van der Waals surface area contributed by atoms with Crippen LogP contribution in [0.15, 0.2) is 18.2 Å². The molecule has 1 saturated heterocycles. The molecule has 20 heavy (non-hydrogen) atoms. The molecule has 0 amide bonds. The Hall–Kier alpha value is -1.66. The smallest absolute Gasteiger partial charge is 0.310 e. The quantitative estimate of drug-likeness (QED) is 0.675. The second kappa shape index (κ2) is 8.50. The number of nitrogens with zero attached hydrogens (tertiary/aromatic N) is 2. The normalized spacial score (nSPS) is 15.2. The highest BCUT2D eigenvalue weighted by atomic mass is 16.6. The number of benzene rings is 1. The van der Waals surface area contributed by atoms with E-state index in [1.165, 1.54) is 13.2 Å². The van der Waals surface area contributed by atoms with Crippen LogP contribution in [0.4, 0.5) is 5.69 Å². The van der Waals surface area contributed by atoms with Gasteiger partial charge in [0.25, 0.3) is 0 Å². The lowest BCUT2D eigenvalue weighted by atomic mass is 10.1. The molecule has 1 fully saturated rings. The van der Waals surface area contributed by atoms with Crippen LogP contribution in [-0.4, -0.2) is 43.1 Å². The SMILES string of the molecule is CC.COc1cc(CN2CCNCC2)ccc1[N+](=O)[O-]. The average molecular weight is 281 g/mol. The first-order chi connectivity index (χ1) is 9.70. The minimum absolute atomic E-state index is 0.0153. The highest BCUT2D eigenvalue weighted by Crippen LogP contribution is 2.27. The monoisotopic (exact) mass is 281 g/mol. The van der Waals surface area contributed by atoms with Crippen LogP contribution in [0.1, 0.15) is 19.4 Å². The summed E-state index contributed by atoms with van der Waals surface area (Å²) in [6.07, 6.45) is 0. The van der Waals surface area contributed by atoms with Crippen LogP contribution in [0.2, 0.25) is 0 Å². The number of hydrogen-bond donors (Lipinski definition) is 1. The number of rotatable bonds is 4. The second-order valence-electron chi connectivity index (χ2n) is 4.29. The summed E-state index contributed by atoms with van der Waals surface area (Å²) in [5, 5.41) is 14.1. The van der Waals surface area contributed by atoms with E-state index in [4.69, 9.17) is 4.74 Å². The largest absolute Gasteiger partial charge is 0.490 e. The van der Waals surface area contributed by atoms with E-state index in [1.54, 1.807) is 12.1 Å². The van der Waals surface area contributed by atoms with Crippen LogP contribution >= 0.6 is 0 Å². The van der Waals surface area contributed by atoms with E-state index >= 15 is 0 Å². The lowest BCUT2D eigenvalue weighted by Crippen LogP contribution is -2.42. The molecule has 1 N–H and O–H groups in total. The van der Waals surface area contributed by atoms with Gasteiger partial charge in [0, 0.05) is 38.8 Å². The molecule has 6 heteroatoms.